The number of rotatable bonds is 4. The van der Waals surface area contributed by atoms with Gasteiger partial charge in [-0.2, -0.15) is 0 Å². The summed E-state index contributed by atoms with van der Waals surface area (Å²) in [5.41, 5.74) is 1.93. The van der Waals surface area contributed by atoms with Crippen molar-refractivity contribution in [2.75, 3.05) is 14.2 Å². The predicted octanol–water partition coefficient (Wildman–Crippen LogP) is 3.89. The lowest BCUT2D eigenvalue weighted by Crippen LogP contribution is -1.92. The average Bonchev–Trinajstić information content (AvgIpc) is 3.09. The van der Waals surface area contributed by atoms with Gasteiger partial charge in [-0.1, -0.05) is 12.1 Å². The summed E-state index contributed by atoms with van der Waals surface area (Å²) in [4.78, 5) is 9.91. The van der Waals surface area contributed by atoms with Crippen LogP contribution >= 0.6 is 11.3 Å². The van der Waals surface area contributed by atoms with Crippen molar-refractivity contribution in [3.63, 3.8) is 0 Å². The van der Waals surface area contributed by atoms with Crippen molar-refractivity contribution in [2.24, 2.45) is 0 Å². The Labute approximate surface area is 127 Å². The van der Waals surface area contributed by atoms with Crippen molar-refractivity contribution < 1.29 is 9.47 Å². The average molecular weight is 298 g/mol. The van der Waals surface area contributed by atoms with E-state index in [1.54, 1.807) is 25.6 Å². The molecule has 0 N–H and O–H groups in total. The van der Waals surface area contributed by atoms with Crippen molar-refractivity contribution in [1.29, 1.82) is 0 Å². The van der Waals surface area contributed by atoms with Gasteiger partial charge in [-0.15, -0.1) is 11.3 Å². The molecule has 2 heterocycles. The van der Waals surface area contributed by atoms with E-state index in [1.807, 2.05) is 48.1 Å². The first kappa shape index (κ1) is 13.6. The zero-order chi connectivity index (χ0) is 14.7. The molecule has 1 aromatic carbocycles. The summed E-state index contributed by atoms with van der Waals surface area (Å²) in [7, 11) is 3.24. The van der Waals surface area contributed by atoms with Gasteiger partial charge in [-0.3, -0.25) is 0 Å². The van der Waals surface area contributed by atoms with E-state index < -0.39 is 0 Å². The Bertz CT molecular complexity index is 725. The van der Waals surface area contributed by atoms with E-state index >= 15 is 0 Å². The van der Waals surface area contributed by atoms with Crippen LogP contribution in [0, 0.1) is 0 Å². The molecule has 0 aliphatic heterocycles. The van der Waals surface area contributed by atoms with Crippen LogP contribution < -0.4 is 9.47 Å². The summed E-state index contributed by atoms with van der Waals surface area (Å²) in [6.07, 6.45) is 3.65. The third kappa shape index (κ3) is 2.73. The van der Waals surface area contributed by atoms with Gasteiger partial charge in [0.25, 0.3) is 0 Å². The molecular formula is C16H14N2O2S. The molecule has 3 aromatic rings. The minimum Gasteiger partial charge on any atom is -0.493 e. The molecule has 5 heteroatoms. The van der Waals surface area contributed by atoms with Crippen molar-refractivity contribution in [1.82, 2.24) is 9.97 Å². The molecule has 0 bridgehead atoms. The number of methoxy groups -OCH3 is 2. The van der Waals surface area contributed by atoms with Crippen LogP contribution in [0.5, 0.6) is 11.5 Å². The standard InChI is InChI=1S/C16H14N2O2S/c1-19-13-6-5-11(8-14(13)20-2)12-9-17-16(18-10-12)15-4-3-7-21-15/h3-10H,1-2H3. The Balaban J connectivity index is 1.94. The fourth-order valence-electron chi connectivity index (χ4n) is 2.03. The van der Waals surface area contributed by atoms with Crippen LogP contribution in [0.25, 0.3) is 21.8 Å². The van der Waals surface area contributed by atoms with Gasteiger partial charge < -0.3 is 9.47 Å². The molecule has 0 saturated heterocycles. The summed E-state index contributed by atoms with van der Waals surface area (Å²) in [6.45, 7) is 0. The molecule has 0 radical (unpaired) electrons. The number of hydrogen-bond donors (Lipinski definition) is 0. The van der Waals surface area contributed by atoms with Crippen LogP contribution in [0.2, 0.25) is 0 Å². The predicted molar refractivity (Wildman–Crippen MR) is 83.9 cm³/mol. The molecular weight excluding hydrogens is 284 g/mol. The zero-order valence-electron chi connectivity index (χ0n) is 11.7. The van der Waals surface area contributed by atoms with Gasteiger partial charge in [0.1, 0.15) is 0 Å². The molecule has 0 fully saturated rings. The van der Waals surface area contributed by atoms with Gasteiger partial charge in [0.15, 0.2) is 17.3 Å². The molecule has 4 nitrogen and oxygen atoms in total. The van der Waals surface area contributed by atoms with E-state index in [0.29, 0.717) is 11.5 Å². The fourth-order valence-corrected chi connectivity index (χ4v) is 2.70. The first-order chi connectivity index (χ1) is 10.3. The molecule has 0 unspecified atom stereocenters. The summed E-state index contributed by atoms with van der Waals surface area (Å²) >= 11 is 1.63. The van der Waals surface area contributed by atoms with Crippen LogP contribution in [-0.4, -0.2) is 24.2 Å². The summed E-state index contributed by atoms with van der Waals surface area (Å²) < 4.78 is 10.6. The van der Waals surface area contributed by atoms with Crippen LogP contribution in [0.15, 0.2) is 48.1 Å². The topological polar surface area (TPSA) is 44.2 Å². The highest BCUT2D eigenvalue weighted by molar-refractivity contribution is 7.13. The third-order valence-electron chi connectivity index (χ3n) is 3.11. The highest BCUT2D eigenvalue weighted by Crippen LogP contribution is 2.32. The number of ether oxygens (including phenoxy) is 2. The lowest BCUT2D eigenvalue weighted by molar-refractivity contribution is 0.355. The van der Waals surface area contributed by atoms with E-state index in [9.17, 15) is 0 Å². The van der Waals surface area contributed by atoms with Crippen LogP contribution in [0.1, 0.15) is 0 Å². The van der Waals surface area contributed by atoms with Crippen molar-refractivity contribution >= 4 is 11.3 Å². The van der Waals surface area contributed by atoms with E-state index in [0.717, 1.165) is 21.8 Å². The van der Waals surface area contributed by atoms with Gasteiger partial charge >= 0.3 is 0 Å². The number of thiophene rings is 1. The van der Waals surface area contributed by atoms with Crippen molar-refractivity contribution in [2.45, 2.75) is 0 Å². The van der Waals surface area contributed by atoms with Gasteiger partial charge in [0, 0.05) is 18.0 Å². The second kappa shape index (κ2) is 5.93. The molecule has 3 rings (SSSR count). The van der Waals surface area contributed by atoms with Gasteiger partial charge in [0.05, 0.1) is 19.1 Å². The van der Waals surface area contributed by atoms with Gasteiger partial charge in [0.2, 0.25) is 0 Å². The maximum Gasteiger partial charge on any atom is 0.169 e. The quantitative estimate of drug-likeness (QED) is 0.733. The number of benzene rings is 1. The number of nitrogens with zero attached hydrogens (tertiary/aromatic N) is 2. The van der Waals surface area contributed by atoms with E-state index in [-0.39, 0.29) is 0 Å². The second-order valence-corrected chi connectivity index (χ2v) is 5.29. The Hall–Kier alpha value is -2.40. The maximum absolute atomic E-state index is 5.32. The monoisotopic (exact) mass is 298 g/mol. The van der Waals surface area contributed by atoms with E-state index in [4.69, 9.17) is 9.47 Å². The second-order valence-electron chi connectivity index (χ2n) is 4.34. The first-order valence-corrected chi connectivity index (χ1v) is 7.28. The third-order valence-corrected chi connectivity index (χ3v) is 3.98. The Morgan fingerprint density at radius 2 is 1.67 bits per heavy atom. The highest BCUT2D eigenvalue weighted by atomic mass is 32.1. The molecule has 0 aliphatic rings. The summed E-state index contributed by atoms with van der Waals surface area (Å²) in [6, 6.07) is 9.76. The molecule has 0 spiro atoms. The summed E-state index contributed by atoms with van der Waals surface area (Å²) in [5, 5.41) is 2.01. The van der Waals surface area contributed by atoms with Crippen LogP contribution in [-0.2, 0) is 0 Å². The Morgan fingerprint density at radius 3 is 2.29 bits per heavy atom. The lowest BCUT2D eigenvalue weighted by atomic mass is 10.1. The summed E-state index contributed by atoms with van der Waals surface area (Å²) in [5.74, 6) is 2.14. The number of hydrogen-bond acceptors (Lipinski definition) is 5. The SMILES string of the molecule is COc1ccc(-c2cnc(-c3cccs3)nc2)cc1OC. The maximum atomic E-state index is 5.32. The molecule has 0 aliphatic carbocycles. The highest BCUT2D eigenvalue weighted by Gasteiger charge is 2.08. The molecule has 0 amide bonds. The van der Waals surface area contributed by atoms with E-state index in [1.165, 1.54) is 0 Å². The molecule has 2 aromatic heterocycles. The molecule has 0 atom stereocenters. The molecule has 0 saturated carbocycles. The fraction of sp³-hybridized carbons (Fsp3) is 0.125. The zero-order valence-corrected chi connectivity index (χ0v) is 12.6. The Kier molecular flexibility index (Phi) is 3.83. The number of aromatic nitrogens is 2. The van der Waals surface area contributed by atoms with Crippen molar-refractivity contribution in [3.05, 3.63) is 48.1 Å². The van der Waals surface area contributed by atoms with Gasteiger partial charge in [-0.25, -0.2) is 9.97 Å². The van der Waals surface area contributed by atoms with Crippen LogP contribution in [0.3, 0.4) is 0 Å². The largest absolute Gasteiger partial charge is 0.493 e. The van der Waals surface area contributed by atoms with Gasteiger partial charge in [-0.05, 0) is 29.1 Å². The Morgan fingerprint density at radius 1 is 0.905 bits per heavy atom. The molecule has 21 heavy (non-hydrogen) atoms. The lowest BCUT2D eigenvalue weighted by Gasteiger charge is -2.09. The molecule has 106 valence electrons. The minimum atomic E-state index is 0.692. The van der Waals surface area contributed by atoms with Crippen molar-refractivity contribution in [3.8, 4) is 33.3 Å². The van der Waals surface area contributed by atoms with Crippen LogP contribution in [0.4, 0.5) is 0 Å². The van der Waals surface area contributed by atoms with E-state index in [2.05, 4.69) is 9.97 Å². The normalized spacial score (nSPS) is 10.4. The smallest absolute Gasteiger partial charge is 0.169 e. The minimum absolute atomic E-state index is 0.692. The first-order valence-electron chi connectivity index (χ1n) is 6.40.